The molecule has 0 bridgehead atoms. The van der Waals surface area contributed by atoms with Gasteiger partial charge in [0.15, 0.2) is 5.58 Å². The molecule has 0 saturated carbocycles. The summed E-state index contributed by atoms with van der Waals surface area (Å²) in [6.07, 6.45) is 1.35. The topological polar surface area (TPSA) is 101 Å². The standard InChI is InChI=1S/C14H19N3O3/c1-3-14(4-2,8-15)12(18)16-9-5-6-11-10(7-9)17-13(19)20-11/h5-7H,3-4,8,15H2,1-2H3,(H,16,18)(H,17,19). The summed E-state index contributed by atoms with van der Waals surface area (Å²) in [7, 11) is 0. The van der Waals surface area contributed by atoms with E-state index in [0.717, 1.165) is 0 Å². The van der Waals surface area contributed by atoms with Crippen LogP contribution in [0.1, 0.15) is 26.7 Å². The summed E-state index contributed by atoms with van der Waals surface area (Å²) in [5.41, 5.74) is 6.82. The van der Waals surface area contributed by atoms with E-state index in [0.29, 0.717) is 36.2 Å². The molecule has 0 radical (unpaired) electrons. The number of oxazole rings is 1. The van der Waals surface area contributed by atoms with Crippen LogP contribution in [-0.4, -0.2) is 17.4 Å². The van der Waals surface area contributed by atoms with Gasteiger partial charge in [-0.3, -0.25) is 9.78 Å². The number of nitrogens with two attached hydrogens (primary N) is 1. The van der Waals surface area contributed by atoms with Crippen molar-refractivity contribution in [3.05, 3.63) is 28.7 Å². The predicted molar refractivity (Wildman–Crippen MR) is 77.5 cm³/mol. The average molecular weight is 277 g/mol. The Morgan fingerprint density at radius 3 is 2.70 bits per heavy atom. The van der Waals surface area contributed by atoms with Crippen LogP contribution in [0.15, 0.2) is 27.4 Å². The first-order valence-corrected chi connectivity index (χ1v) is 6.69. The number of hydrogen-bond acceptors (Lipinski definition) is 4. The number of benzene rings is 1. The van der Waals surface area contributed by atoms with Gasteiger partial charge in [0.2, 0.25) is 5.91 Å². The average Bonchev–Trinajstić information content (AvgIpc) is 2.81. The second-order valence-electron chi connectivity index (χ2n) is 4.87. The van der Waals surface area contributed by atoms with Gasteiger partial charge in [-0.15, -0.1) is 0 Å². The van der Waals surface area contributed by atoms with Crippen molar-refractivity contribution in [2.24, 2.45) is 11.1 Å². The third-order valence-corrected chi connectivity index (χ3v) is 3.90. The van der Waals surface area contributed by atoms with Crippen molar-refractivity contribution in [3.63, 3.8) is 0 Å². The van der Waals surface area contributed by atoms with Gasteiger partial charge in [-0.1, -0.05) is 13.8 Å². The molecule has 2 aromatic rings. The highest BCUT2D eigenvalue weighted by Gasteiger charge is 2.33. The molecule has 0 aliphatic rings. The van der Waals surface area contributed by atoms with Crippen molar-refractivity contribution in [2.75, 3.05) is 11.9 Å². The summed E-state index contributed by atoms with van der Waals surface area (Å²) in [5, 5.41) is 2.85. The number of rotatable bonds is 5. The minimum absolute atomic E-state index is 0.102. The first-order valence-electron chi connectivity index (χ1n) is 6.69. The van der Waals surface area contributed by atoms with E-state index >= 15 is 0 Å². The maximum atomic E-state index is 12.4. The number of aromatic nitrogens is 1. The van der Waals surface area contributed by atoms with Gasteiger partial charge in [-0.05, 0) is 31.0 Å². The lowest BCUT2D eigenvalue weighted by Crippen LogP contribution is -2.41. The van der Waals surface area contributed by atoms with E-state index < -0.39 is 11.2 Å². The third kappa shape index (κ3) is 2.46. The smallest absolute Gasteiger partial charge is 0.408 e. The fourth-order valence-electron chi connectivity index (χ4n) is 2.25. The Hall–Kier alpha value is -2.08. The monoisotopic (exact) mass is 277 g/mol. The molecule has 1 heterocycles. The number of amides is 1. The molecular formula is C14H19N3O3. The van der Waals surface area contributed by atoms with Gasteiger partial charge in [0.1, 0.15) is 0 Å². The van der Waals surface area contributed by atoms with Gasteiger partial charge >= 0.3 is 5.76 Å². The zero-order valence-electron chi connectivity index (χ0n) is 11.7. The number of hydrogen-bond donors (Lipinski definition) is 3. The summed E-state index contributed by atoms with van der Waals surface area (Å²) in [6.45, 7) is 4.20. The molecule has 0 atom stereocenters. The van der Waals surface area contributed by atoms with E-state index in [4.69, 9.17) is 10.2 Å². The molecule has 1 amide bonds. The highest BCUT2D eigenvalue weighted by atomic mass is 16.4. The molecule has 0 aliphatic carbocycles. The Bertz CT molecular complexity index is 659. The number of aromatic amines is 1. The van der Waals surface area contributed by atoms with Crippen molar-refractivity contribution < 1.29 is 9.21 Å². The third-order valence-electron chi connectivity index (χ3n) is 3.90. The van der Waals surface area contributed by atoms with Crippen LogP contribution >= 0.6 is 0 Å². The summed E-state index contributed by atoms with van der Waals surface area (Å²) in [4.78, 5) is 26.0. The Morgan fingerprint density at radius 1 is 1.40 bits per heavy atom. The second-order valence-corrected chi connectivity index (χ2v) is 4.87. The van der Waals surface area contributed by atoms with Gasteiger partial charge in [-0.2, -0.15) is 0 Å². The molecule has 4 N–H and O–H groups in total. The van der Waals surface area contributed by atoms with Crippen molar-refractivity contribution in [3.8, 4) is 0 Å². The van der Waals surface area contributed by atoms with Crippen molar-refractivity contribution in [1.82, 2.24) is 4.98 Å². The SMILES string of the molecule is CCC(CC)(CN)C(=O)Nc1ccc2oc(=O)[nH]c2c1. The highest BCUT2D eigenvalue weighted by molar-refractivity contribution is 5.96. The molecule has 0 fully saturated rings. The van der Waals surface area contributed by atoms with Gasteiger partial charge in [0.05, 0.1) is 10.9 Å². The Kier molecular flexibility index (Phi) is 3.94. The molecule has 0 saturated heterocycles. The normalized spacial score (nSPS) is 11.8. The zero-order valence-corrected chi connectivity index (χ0v) is 11.7. The van der Waals surface area contributed by atoms with Gasteiger partial charge in [0, 0.05) is 12.2 Å². The maximum absolute atomic E-state index is 12.4. The molecule has 108 valence electrons. The lowest BCUT2D eigenvalue weighted by atomic mass is 9.81. The van der Waals surface area contributed by atoms with Crippen LogP contribution in [0.25, 0.3) is 11.1 Å². The summed E-state index contributed by atoms with van der Waals surface area (Å²) in [5.74, 6) is -0.614. The van der Waals surface area contributed by atoms with Crippen LogP contribution in [0.5, 0.6) is 0 Å². The van der Waals surface area contributed by atoms with Crippen LogP contribution in [0.2, 0.25) is 0 Å². The second kappa shape index (κ2) is 5.50. The lowest BCUT2D eigenvalue weighted by molar-refractivity contribution is -0.125. The van der Waals surface area contributed by atoms with E-state index in [1.807, 2.05) is 13.8 Å². The van der Waals surface area contributed by atoms with Gasteiger partial charge < -0.3 is 15.5 Å². The molecular weight excluding hydrogens is 258 g/mol. The number of carbonyl (C=O) groups is 1. The number of anilines is 1. The molecule has 1 aromatic heterocycles. The summed E-state index contributed by atoms with van der Waals surface area (Å²) >= 11 is 0. The molecule has 0 spiro atoms. The quantitative estimate of drug-likeness (QED) is 0.776. The molecule has 6 heteroatoms. The maximum Gasteiger partial charge on any atom is 0.417 e. The predicted octanol–water partition coefficient (Wildman–Crippen LogP) is 1.82. The van der Waals surface area contributed by atoms with E-state index in [1.165, 1.54) is 0 Å². The fourth-order valence-corrected chi connectivity index (χ4v) is 2.25. The van der Waals surface area contributed by atoms with E-state index in [1.54, 1.807) is 18.2 Å². The van der Waals surface area contributed by atoms with E-state index in [2.05, 4.69) is 10.3 Å². The minimum Gasteiger partial charge on any atom is -0.408 e. The molecule has 6 nitrogen and oxygen atoms in total. The highest BCUT2D eigenvalue weighted by Crippen LogP contribution is 2.27. The Balaban J connectivity index is 2.27. The van der Waals surface area contributed by atoms with Crippen LogP contribution < -0.4 is 16.8 Å². The van der Waals surface area contributed by atoms with Gasteiger partial charge in [-0.25, -0.2) is 4.79 Å². The molecule has 0 aliphatic heterocycles. The zero-order chi connectivity index (χ0) is 14.8. The van der Waals surface area contributed by atoms with E-state index in [9.17, 15) is 9.59 Å². The first-order chi connectivity index (χ1) is 9.54. The van der Waals surface area contributed by atoms with Crippen LogP contribution in [0.3, 0.4) is 0 Å². The summed E-state index contributed by atoms with van der Waals surface area (Å²) < 4.78 is 4.91. The number of H-pyrrole nitrogens is 1. The Labute approximate surface area is 116 Å². The molecule has 2 rings (SSSR count). The Morgan fingerprint density at radius 2 is 2.10 bits per heavy atom. The lowest BCUT2D eigenvalue weighted by Gasteiger charge is -2.28. The minimum atomic E-state index is -0.557. The summed E-state index contributed by atoms with van der Waals surface area (Å²) in [6, 6.07) is 5.01. The largest absolute Gasteiger partial charge is 0.417 e. The number of nitrogens with one attached hydrogen (secondary N) is 2. The van der Waals surface area contributed by atoms with Crippen molar-refractivity contribution in [2.45, 2.75) is 26.7 Å². The number of fused-ring (bicyclic) bond motifs is 1. The van der Waals surface area contributed by atoms with E-state index in [-0.39, 0.29) is 5.91 Å². The molecule has 20 heavy (non-hydrogen) atoms. The fraction of sp³-hybridized carbons (Fsp3) is 0.429. The first kappa shape index (κ1) is 14.3. The van der Waals surface area contributed by atoms with Crippen LogP contribution in [0.4, 0.5) is 5.69 Å². The number of carbonyl (C=O) groups excluding carboxylic acids is 1. The van der Waals surface area contributed by atoms with Crippen molar-refractivity contribution in [1.29, 1.82) is 0 Å². The van der Waals surface area contributed by atoms with Crippen LogP contribution in [0, 0.1) is 5.41 Å². The molecule has 0 unspecified atom stereocenters. The van der Waals surface area contributed by atoms with Gasteiger partial charge in [0.25, 0.3) is 0 Å². The van der Waals surface area contributed by atoms with Crippen molar-refractivity contribution >= 4 is 22.7 Å². The van der Waals surface area contributed by atoms with Crippen LogP contribution in [-0.2, 0) is 4.79 Å². The molecule has 1 aromatic carbocycles.